The highest BCUT2D eigenvalue weighted by Gasteiger charge is 2.26. The Kier molecular flexibility index (Phi) is 4.82. The number of nitrogens with one attached hydrogen (secondary N) is 2. The third-order valence-corrected chi connectivity index (χ3v) is 4.02. The Morgan fingerprint density at radius 2 is 1.95 bits per heavy atom. The molecule has 7 heteroatoms. The summed E-state index contributed by atoms with van der Waals surface area (Å²) in [4.78, 5) is 22.7. The predicted molar refractivity (Wildman–Crippen MR) is 74.7 cm³/mol. The lowest BCUT2D eigenvalue weighted by Gasteiger charge is -2.26. The van der Waals surface area contributed by atoms with E-state index in [0.717, 1.165) is 11.3 Å². The van der Waals surface area contributed by atoms with E-state index in [4.69, 9.17) is 9.63 Å². The van der Waals surface area contributed by atoms with Gasteiger partial charge in [0, 0.05) is 18.2 Å². The van der Waals surface area contributed by atoms with Gasteiger partial charge in [0.25, 0.3) is 0 Å². The number of aliphatic carboxylic acids is 1. The molecule has 2 amide bonds. The third-order valence-electron chi connectivity index (χ3n) is 4.02. The van der Waals surface area contributed by atoms with Crippen LogP contribution in [0.4, 0.5) is 4.79 Å². The summed E-state index contributed by atoms with van der Waals surface area (Å²) in [6.45, 7) is 4.01. The van der Waals surface area contributed by atoms with Crippen LogP contribution in [0.5, 0.6) is 0 Å². The number of carbonyl (C=O) groups is 2. The molecular formula is C14H21N3O4. The van der Waals surface area contributed by atoms with Crippen LogP contribution in [0.2, 0.25) is 0 Å². The second-order valence-corrected chi connectivity index (χ2v) is 5.52. The molecule has 1 aliphatic rings. The van der Waals surface area contributed by atoms with Gasteiger partial charge in [-0.1, -0.05) is 5.16 Å². The standard InChI is InChI=1S/C14H21N3O4/c1-8-12(9(2)21-17-8)7-15-14(20)16-11-5-3-10(4-6-11)13(18)19/h10-11H,3-7H2,1-2H3,(H,18,19)(H2,15,16,20). The van der Waals surface area contributed by atoms with E-state index in [1.165, 1.54) is 0 Å². The van der Waals surface area contributed by atoms with Crippen LogP contribution in [-0.2, 0) is 11.3 Å². The number of carbonyl (C=O) groups excluding carboxylic acids is 1. The van der Waals surface area contributed by atoms with Gasteiger partial charge in [-0.25, -0.2) is 4.79 Å². The first-order valence-electron chi connectivity index (χ1n) is 7.16. The summed E-state index contributed by atoms with van der Waals surface area (Å²) in [5, 5.41) is 18.4. The molecule has 3 N–H and O–H groups in total. The third kappa shape index (κ3) is 3.96. The number of carboxylic acids is 1. The Morgan fingerprint density at radius 3 is 2.48 bits per heavy atom. The van der Waals surface area contributed by atoms with Crippen LogP contribution in [0.15, 0.2) is 4.52 Å². The minimum Gasteiger partial charge on any atom is -0.481 e. The van der Waals surface area contributed by atoms with E-state index in [1.54, 1.807) is 0 Å². The van der Waals surface area contributed by atoms with Gasteiger partial charge in [-0.3, -0.25) is 4.79 Å². The van der Waals surface area contributed by atoms with Crippen molar-refractivity contribution in [3.63, 3.8) is 0 Å². The number of rotatable bonds is 4. The largest absolute Gasteiger partial charge is 0.481 e. The fourth-order valence-electron chi connectivity index (χ4n) is 2.64. The molecule has 0 radical (unpaired) electrons. The van der Waals surface area contributed by atoms with Gasteiger partial charge in [-0.15, -0.1) is 0 Å². The van der Waals surface area contributed by atoms with Crippen molar-refractivity contribution in [3.8, 4) is 0 Å². The maximum Gasteiger partial charge on any atom is 0.315 e. The van der Waals surface area contributed by atoms with E-state index in [1.807, 2.05) is 13.8 Å². The van der Waals surface area contributed by atoms with Crippen molar-refractivity contribution in [3.05, 3.63) is 17.0 Å². The maximum atomic E-state index is 11.9. The number of carboxylic acid groups (broad SMARTS) is 1. The molecule has 0 aliphatic heterocycles. The van der Waals surface area contributed by atoms with E-state index in [0.29, 0.717) is 38.0 Å². The summed E-state index contributed by atoms with van der Waals surface area (Å²) in [6.07, 6.45) is 2.64. The molecule has 0 atom stereocenters. The normalized spacial score (nSPS) is 21.8. The molecule has 0 unspecified atom stereocenters. The Bertz CT molecular complexity index is 499. The molecule has 116 valence electrons. The van der Waals surface area contributed by atoms with Gasteiger partial charge in [0.05, 0.1) is 11.6 Å². The van der Waals surface area contributed by atoms with Crippen LogP contribution in [-0.4, -0.2) is 28.3 Å². The SMILES string of the molecule is Cc1noc(C)c1CNC(=O)NC1CCC(C(=O)O)CC1. The van der Waals surface area contributed by atoms with Crippen LogP contribution < -0.4 is 10.6 Å². The Balaban J connectivity index is 1.74. The van der Waals surface area contributed by atoms with E-state index in [2.05, 4.69) is 15.8 Å². The molecule has 1 saturated carbocycles. The Hall–Kier alpha value is -2.05. The molecule has 1 aromatic rings. The highest BCUT2D eigenvalue weighted by molar-refractivity contribution is 5.74. The van der Waals surface area contributed by atoms with Crippen molar-refractivity contribution in [2.45, 2.75) is 52.1 Å². The average Bonchev–Trinajstić information content (AvgIpc) is 2.76. The minimum atomic E-state index is -0.740. The molecule has 0 aromatic carbocycles. The van der Waals surface area contributed by atoms with Gasteiger partial charge in [0.2, 0.25) is 0 Å². The zero-order valence-electron chi connectivity index (χ0n) is 12.3. The summed E-state index contributed by atoms with van der Waals surface area (Å²) in [7, 11) is 0. The smallest absolute Gasteiger partial charge is 0.315 e. The fraction of sp³-hybridized carbons (Fsp3) is 0.643. The zero-order chi connectivity index (χ0) is 15.4. The number of nitrogens with zero attached hydrogens (tertiary/aromatic N) is 1. The van der Waals surface area contributed by atoms with Gasteiger partial charge in [-0.2, -0.15) is 0 Å². The number of amides is 2. The summed E-state index contributed by atoms with van der Waals surface area (Å²) >= 11 is 0. The average molecular weight is 295 g/mol. The maximum absolute atomic E-state index is 11.9. The molecule has 1 fully saturated rings. The zero-order valence-corrected chi connectivity index (χ0v) is 12.3. The van der Waals surface area contributed by atoms with E-state index in [9.17, 15) is 9.59 Å². The summed E-state index contributed by atoms with van der Waals surface area (Å²) in [5.41, 5.74) is 1.66. The van der Waals surface area contributed by atoms with E-state index in [-0.39, 0.29) is 18.0 Å². The van der Waals surface area contributed by atoms with Crippen LogP contribution in [0, 0.1) is 19.8 Å². The summed E-state index contributed by atoms with van der Waals surface area (Å²) in [5.74, 6) is -0.306. The van der Waals surface area contributed by atoms with E-state index >= 15 is 0 Å². The lowest BCUT2D eigenvalue weighted by atomic mass is 9.86. The van der Waals surface area contributed by atoms with Crippen molar-refractivity contribution < 1.29 is 19.2 Å². The molecular weight excluding hydrogens is 274 g/mol. The highest BCUT2D eigenvalue weighted by Crippen LogP contribution is 2.24. The number of hydrogen-bond acceptors (Lipinski definition) is 4. The van der Waals surface area contributed by atoms with Gasteiger partial charge in [0.1, 0.15) is 5.76 Å². The summed E-state index contributed by atoms with van der Waals surface area (Å²) in [6, 6.07) is -0.195. The second kappa shape index (κ2) is 6.60. The van der Waals surface area contributed by atoms with Crippen LogP contribution in [0.3, 0.4) is 0 Å². The number of aromatic nitrogens is 1. The van der Waals surface area contributed by atoms with Crippen LogP contribution >= 0.6 is 0 Å². The number of aryl methyl sites for hydroxylation is 2. The topological polar surface area (TPSA) is 104 Å². The van der Waals surface area contributed by atoms with Crippen molar-refractivity contribution >= 4 is 12.0 Å². The summed E-state index contributed by atoms with van der Waals surface area (Å²) < 4.78 is 5.03. The molecule has 7 nitrogen and oxygen atoms in total. The Labute approximate surface area is 123 Å². The van der Waals surface area contributed by atoms with Gasteiger partial charge in [0.15, 0.2) is 0 Å². The van der Waals surface area contributed by atoms with Crippen molar-refractivity contribution in [1.29, 1.82) is 0 Å². The van der Waals surface area contributed by atoms with Gasteiger partial charge in [-0.05, 0) is 39.5 Å². The molecule has 2 rings (SSSR count). The fourth-order valence-corrected chi connectivity index (χ4v) is 2.64. The molecule has 1 aliphatic carbocycles. The monoisotopic (exact) mass is 295 g/mol. The lowest BCUT2D eigenvalue weighted by molar-refractivity contribution is -0.142. The first kappa shape index (κ1) is 15.3. The van der Waals surface area contributed by atoms with Crippen LogP contribution in [0.1, 0.15) is 42.7 Å². The van der Waals surface area contributed by atoms with E-state index < -0.39 is 5.97 Å². The molecule has 0 saturated heterocycles. The lowest BCUT2D eigenvalue weighted by Crippen LogP contribution is -2.44. The van der Waals surface area contributed by atoms with Gasteiger partial charge < -0.3 is 20.3 Å². The molecule has 0 spiro atoms. The number of urea groups is 1. The first-order chi connectivity index (χ1) is 9.97. The Morgan fingerprint density at radius 1 is 1.29 bits per heavy atom. The molecule has 0 bridgehead atoms. The molecule has 21 heavy (non-hydrogen) atoms. The van der Waals surface area contributed by atoms with Crippen molar-refractivity contribution in [2.24, 2.45) is 5.92 Å². The quantitative estimate of drug-likeness (QED) is 0.784. The predicted octanol–water partition coefficient (Wildman–Crippen LogP) is 1.73. The van der Waals surface area contributed by atoms with Crippen molar-refractivity contribution in [1.82, 2.24) is 15.8 Å². The van der Waals surface area contributed by atoms with Crippen LogP contribution in [0.25, 0.3) is 0 Å². The minimum absolute atomic E-state index is 0.0465. The van der Waals surface area contributed by atoms with Gasteiger partial charge >= 0.3 is 12.0 Å². The second-order valence-electron chi connectivity index (χ2n) is 5.52. The highest BCUT2D eigenvalue weighted by atomic mass is 16.5. The van der Waals surface area contributed by atoms with Crippen molar-refractivity contribution in [2.75, 3.05) is 0 Å². The molecule has 1 aromatic heterocycles. The number of hydrogen-bond donors (Lipinski definition) is 3. The molecule has 1 heterocycles. The first-order valence-corrected chi connectivity index (χ1v) is 7.16.